The number of hydrogen-bond acceptors (Lipinski definition) is 3. The second-order valence-electron chi connectivity index (χ2n) is 2.87. The number of nitrogens with one attached hydrogen (secondary N) is 1. The lowest BCUT2D eigenvalue weighted by atomic mass is 10.2. The minimum Gasteiger partial charge on any atom is -0.323 e. The van der Waals surface area contributed by atoms with E-state index in [2.05, 4.69) is 16.2 Å². The van der Waals surface area contributed by atoms with Gasteiger partial charge in [-0.2, -0.15) is 4.39 Å². The zero-order valence-electron chi connectivity index (χ0n) is 7.90. The van der Waals surface area contributed by atoms with Crippen LogP contribution in [0.4, 0.5) is 10.1 Å². The molecule has 15 heavy (non-hydrogen) atoms. The molecule has 1 amide bonds. The minimum absolute atomic E-state index is 0.153. The van der Waals surface area contributed by atoms with E-state index in [-0.39, 0.29) is 6.42 Å². The zero-order chi connectivity index (χ0) is 11.3. The molecule has 0 fully saturated rings. The molecule has 1 aromatic heterocycles. The summed E-state index contributed by atoms with van der Waals surface area (Å²) in [4.78, 5) is 14.7. The van der Waals surface area contributed by atoms with E-state index in [4.69, 9.17) is 12.2 Å². The van der Waals surface area contributed by atoms with Gasteiger partial charge in [0.15, 0.2) is 0 Å². The van der Waals surface area contributed by atoms with Crippen molar-refractivity contribution >= 4 is 11.6 Å². The first kappa shape index (κ1) is 11.1. The van der Waals surface area contributed by atoms with Gasteiger partial charge >= 0.3 is 0 Å². The zero-order valence-corrected chi connectivity index (χ0v) is 7.90. The SMILES string of the molecule is C#CCC(N)C(=O)Nc1ccc(F)nc1. The van der Waals surface area contributed by atoms with E-state index in [9.17, 15) is 9.18 Å². The highest BCUT2D eigenvalue weighted by atomic mass is 19.1. The third kappa shape index (κ3) is 3.37. The summed E-state index contributed by atoms with van der Waals surface area (Å²) in [6.07, 6.45) is 6.37. The van der Waals surface area contributed by atoms with Crippen LogP contribution in [0.3, 0.4) is 0 Å². The Bertz CT molecular complexity index is 383. The summed E-state index contributed by atoms with van der Waals surface area (Å²) in [5, 5.41) is 2.47. The van der Waals surface area contributed by atoms with Crippen molar-refractivity contribution < 1.29 is 9.18 Å². The topological polar surface area (TPSA) is 68.0 Å². The number of carbonyl (C=O) groups excluding carboxylic acids is 1. The quantitative estimate of drug-likeness (QED) is 0.560. The molecule has 3 N–H and O–H groups in total. The van der Waals surface area contributed by atoms with Gasteiger partial charge in [0.1, 0.15) is 0 Å². The Morgan fingerprint density at radius 3 is 3.00 bits per heavy atom. The van der Waals surface area contributed by atoms with Crippen LogP contribution in [0.1, 0.15) is 6.42 Å². The van der Waals surface area contributed by atoms with Gasteiger partial charge < -0.3 is 11.1 Å². The van der Waals surface area contributed by atoms with E-state index < -0.39 is 17.9 Å². The number of amides is 1. The van der Waals surface area contributed by atoms with Crippen molar-refractivity contribution in [3.05, 3.63) is 24.3 Å². The molecule has 1 rings (SSSR count). The summed E-state index contributed by atoms with van der Waals surface area (Å²) < 4.78 is 12.4. The fraction of sp³-hybridized carbons (Fsp3) is 0.200. The van der Waals surface area contributed by atoms with Crippen molar-refractivity contribution in [3.63, 3.8) is 0 Å². The minimum atomic E-state index is -0.764. The second kappa shape index (κ2) is 5.08. The van der Waals surface area contributed by atoms with Crippen LogP contribution in [0.2, 0.25) is 0 Å². The molecule has 0 radical (unpaired) electrons. The number of terminal acetylenes is 1. The van der Waals surface area contributed by atoms with Gasteiger partial charge in [0, 0.05) is 6.42 Å². The fourth-order valence-corrected chi connectivity index (χ4v) is 0.904. The molecule has 0 spiro atoms. The summed E-state index contributed by atoms with van der Waals surface area (Å²) in [6.45, 7) is 0. The Morgan fingerprint density at radius 2 is 2.47 bits per heavy atom. The summed E-state index contributed by atoms with van der Waals surface area (Å²) in [6, 6.07) is 1.77. The number of rotatable bonds is 3. The molecule has 4 nitrogen and oxygen atoms in total. The van der Waals surface area contributed by atoms with Gasteiger partial charge in [-0.1, -0.05) is 0 Å². The molecule has 0 aromatic carbocycles. The normalized spacial score (nSPS) is 11.5. The molecule has 0 bridgehead atoms. The maximum absolute atomic E-state index is 12.4. The molecule has 0 aliphatic rings. The van der Waals surface area contributed by atoms with Crippen LogP contribution in [-0.4, -0.2) is 16.9 Å². The van der Waals surface area contributed by atoms with Crippen LogP contribution >= 0.6 is 0 Å². The smallest absolute Gasteiger partial charge is 0.242 e. The molecular formula is C10H10FN3O. The van der Waals surface area contributed by atoms with Crippen molar-refractivity contribution in [2.45, 2.75) is 12.5 Å². The van der Waals surface area contributed by atoms with E-state index in [0.29, 0.717) is 5.69 Å². The van der Waals surface area contributed by atoms with Crippen LogP contribution in [0.5, 0.6) is 0 Å². The van der Waals surface area contributed by atoms with Gasteiger partial charge in [0.25, 0.3) is 0 Å². The largest absolute Gasteiger partial charge is 0.323 e. The lowest BCUT2D eigenvalue weighted by molar-refractivity contribution is -0.117. The maximum Gasteiger partial charge on any atom is 0.242 e. The molecule has 78 valence electrons. The molecule has 0 aliphatic heterocycles. The van der Waals surface area contributed by atoms with Crippen molar-refractivity contribution in [3.8, 4) is 12.3 Å². The summed E-state index contributed by atoms with van der Waals surface area (Å²) in [5.74, 6) is 1.26. The maximum atomic E-state index is 12.4. The number of pyridine rings is 1. The molecule has 1 heterocycles. The van der Waals surface area contributed by atoms with E-state index in [1.165, 1.54) is 12.3 Å². The van der Waals surface area contributed by atoms with E-state index in [0.717, 1.165) is 6.07 Å². The summed E-state index contributed by atoms with van der Waals surface area (Å²) in [5.41, 5.74) is 5.84. The lowest BCUT2D eigenvalue weighted by Gasteiger charge is -2.08. The lowest BCUT2D eigenvalue weighted by Crippen LogP contribution is -2.35. The van der Waals surface area contributed by atoms with Crippen LogP contribution < -0.4 is 11.1 Å². The van der Waals surface area contributed by atoms with Gasteiger partial charge in [0.2, 0.25) is 11.9 Å². The van der Waals surface area contributed by atoms with Crippen LogP contribution in [0, 0.1) is 18.3 Å². The number of carbonyl (C=O) groups is 1. The molecule has 1 aromatic rings. The van der Waals surface area contributed by atoms with Gasteiger partial charge in [-0.25, -0.2) is 4.98 Å². The fourth-order valence-electron chi connectivity index (χ4n) is 0.904. The Labute approximate surface area is 86.7 Å². The van der Waals surface area contributed by atoms with E-state index >= 15 is 0 Å². The number of anilines is 1. The number of aromatic nitrogens is 1. The number of nitrogens with zero attached hydrogens (tertiary/aromatic N) is 1. The third-order valence-electron chi connectivity index (χ3n) is 1.67. The Kier molecular flexibility index (Phi) is 3.77. The summed E-state index contributed by atoms with van der Waals surface area (Å²) in [7, 11) is 0. The van der Waals surface area contributed by atoms with Gasteiger partial charge in [-0.05, 0) is 12.1 Å². The average molecular weight is 207 g/mol. The molecule has 5 heteroatoms. The van der Waals surface area contributed by atoms with Crippen molar-refractivity contribution in [2.24, 2.45) is 5.73 Å². The predicted molar refractivity (Wildman–Crippen MR) is 54.3 cm³/mol. The van der Waals surface area contributed by atoms with E-state index in [1.54, 1.807) is 0 Å². The van der Waals surface area contributed by atoms with Gasteiger partial charge in [-0.15, -0.1) is 12.3 Å². The first-order valence-corrected chi connectivity index (χ1v) is 4.25. The van der Waals surface area contributed by atoms with Crippen molar-refractivity contribution in [1.29, 1.82) is 0 Å². The number of nitrogens with two attached hydrogens (primary N) is 1. The van der Waals surface area contributed by atoms with Crippen LogP contribution in [0.15, 0.2) is 18.3 Å². The molecule has 1 atom stereocenters. The Hall–Kier alpha value is -1.93. The number of hydrogen-bond donors (Lipinski definition) is 2. The Morgan fingerprint density at radius 1 is 1.73 bits per heavy atom. The predicted octanol–water partition coefficient (Wildman–Crippen LogP) is 0.510. The van der Waals surface area contributed by atoms with Gasteiger partial charge in [-0.3, -0.25) is 4.79 Å². The van der Waals surface area contributed by atoms with Crippen molar-refractivity contribution in [2.75, 3.05) is 5.32 Å². The first-order valence-electron chi connectivity index (χ1n) is 4.25. The van der Waals surface area contributed by atoms with E-state index in [1.807, 2.05) is 0 Å². The second-order valence-corrected chi connectivity index (χ2v) is 2.87. The standard InChI is InChI=1S/C10H10FN3O/c1-2-3-8(12)10(15)14-7-4-5-9(11)13-6-7/h1,4-6,8H,3,12H2,(H,14,15). The van der Waals surface area contributed by atoms with Crippen LogP contribution in [-0.2, 0) is 4.79 Å². The molecule has 0 aliphatic carbocycles. The molecular weight excluding hydrogens is 197 g/mol. The first-order chi connectivity index (χ1) is 7.13. The van der Waals surface area contributed by atoms with Crippen LogP contribution in [0.25, 0.3) is 0 Å². The van der Waals surface area contributed by atoms with Crippen molar-refractivity contribution in [1.82, 2.24) is 4.98 Å². The third-order valence-corrected chi connectivity index (χ3v) is 1.67. The molecule has 1 unspecified atom stereocenters. The molecule has 0 saturated heterocycles. The highest BCUT2D eigenvalue weighted by molar-refractivity contribution is 5.94. The highest BCUT2D eigenvalue weighted by Crippen LogP contribution is 2.05. The number of halogens is 1. The van der Waals surface area contributed by atoms with Gasteiger partial charge in [0.05, 0.1) is 17.9 Å². The average Bonchev–Trinajstić information content (AvgIpc) is 2.22. The molecule has 0 saturated carbocycles. The highest BCUT2D eigenvalue weighted by Gasteiger charge is 2.11. The Balaban J connectivity index is 2.59. The summed E-state index contributed by atoms with van der Waals surface area (Å²) >= 11 is 0. The monoisotopic (exact) mass is 207 g/mol.